The molecule has 0 aromatic carbocycles. The van der Waals surface area contributed by atoms with Crippen LogP contribution in [0.3, 0.4) is 0 Å². The largest absolute Gasteiger partial charge is 0.480 e. The summed E-state index contributed by atoms with van der Waals surface area (Å²) in [5.41, 5.74) is -16.4. The lowest BCUT2D eigenvalue weighted by atomic mass is 10.2. The lowest BCUT2D eigenvalue weighted by Crippen LogP contribution is -2.30. The molecule has 0 N–H and O–H groups in total. The summed E-state index contributed by atoms with van der Waals surface area (Å²) in [5.74, 6) is 0.755. The molecule has 0 aliphatic rings. The minimum absolute atomic E-state index is 0.378. The van der Waals surface area contributed by atoms with Crippen LogP contribution in [0.1, 0.15) is 65.2 Å². The number of hydrogen-bond donors (Lipinski definition) is 0. The summed E-state index contributed by atoms with van der Waals surface area (Å²) in [6.45, 7) is 4.17. The minimum Gasteiger partial charge on any atom is -0.421 e. The van der Waals surface area contributed by atoms with E-state index < -0.39 is 46.6 Å². The molecule has 17 heteroatoms. The Morgan fingerprint density at radius 3 is 1.06 bits per heavy atom. The summed E-state index contributed by atoms with van der Waals surface area (Å²) < 4.78 is 149. The smallest absolute Gasteiger partial charge is 0.421 e. The summed E-state index contributed by atoms with van der Waals surface area (Å²) in [6, 6.07) is 0. The first-order valence-corrected chi connectivity index (χ1v) is 15.0. The molecule has 204 valence electrons. The molecule has 0 amide bonds. The molecule has 0 aliphatic carbocycles. The Balaban J connectivity index is 0. The second-order valence-corrected chi connectivity index (χ2v) is 14.4. The molecule has 0 atom stereocenters. The third-order valence-corrected chi connectivity index (χ3v) is 10.5. The number of alkyl halides is 9. The molecular weight excluding hydrogens is 537 g/mol. The zero-order valence-corrected chi connectivity index (χ0v) is 20.7. The number of halogens is 9. The predicted molar refractivity (Wildman–Crippen MR) is 111 cm³/mol. The molecule has 0 aromatic heterocycles. The van der Waals surface area contributed by atoms with Gasteiger partial charge >= 0.3 is 16.5 Å². The number of sulfonamides is 2. The van der Waals surface area contributed by atoms with E-state index in [1.807, 2.05) is 0 Å². The lowest BCUT2D eigenvalue weighted by Gasteiger charge is -2.38. The molecule has 0 bridgehead atoms. The highest BCUT2D eigenvalue weighted by Gasteiger charge is 2.47. The molecule has 0 spiro atoms. The first kappa shape index (κ1) is 34.7. The zero-order valence-electron chi connectivity index (χ0n) is 18.3. The Hall–Kier alpha value is -0.420. The fraction of sp³-hybridized carbons (Fsp3) is 1.00. The van der Waals surface area contributed by atoms with Gasteiger partial charge in [0.25, 0.3) is 0 Å². The molecule has 0 aliphatic heterocycles. The van der Waals surface area contributed by atoms with Gasteiger partial charge in [-0.25, -0.2) is 16.8 Å². The summed E-state index contributed by atoms with van der Waals surface area (Å²) in [7, 11) is -15.9. The van der Waals surface area contributed by atoms with Gasteiger partial charge < -0.3 is 4.13 Å². The van der Waals surface area contributed by atoms with Gasteiger partial charge in [-0.15, -0.1) is 0 Å². The molecule has 0 aromatic rings. The number of nitrogens with zero attached hydrogens (tertiary/aromatic N) is 1. The Kier molecular flexibility index (Phi) is 14.3. The van der Waals surface area contributed by atoms with Crippen LogP contribution in [-0.2, 0) is 20.0 Å². The van der Waals surface area contributed by atoms with Crippen LogP contribution in [0.5, 0.6) is 0 Å². The number of rotatable bonds is 12. The average Bonchev–Trinajstić information content (AvgIpc) is 2.59. The van der Waals surface area contributed by atoms with Gasteiger partial charge in [0.15, 0.2) is 20.0 Å². The van der Waals surface area contributed by atoms with Gasteiger partial charge in [-0.05, 0) is 30.6 Å². The van der Waals surface area contributed by atoms with Crippen molar-refractivity contribution in [2.24, 2.45) is 0 Å². The maximum absolute atomic E-state index is 13.2. The highest BCUT2D eigenvalue weighted by atomic mass is 32.3. The standard InChI is InChI=1S/C14H29F3S.C2F6NO4S2/c1-4-6-8-10-12-18(3,14(15,16)17)13-11-9-7-5-2;3-1(4,5)14(10,11)9-15(12,13)2(6,7)8/h4-13H2,1-3H3;/q;-1. The van der Waals surface area contributed by atoms with Crippen LogP contribution >= 0.6 is 10.0 Å². The summed E-state index contributed by atoms with van der Waals surface area (Å²) in [6.07, 6.45) is 9.15. The third-order valence-electron chi connectivity index (χ3n) is 4.24. The van der Waals surface area contributed by atoms with Crippen molar-refractivity contribution in [1.82, 2.24) is 0 Å². The van der Waals surface area contributed by atoms with Gasteiger partial charge in [0, 0.05) is 0 Å². The van der Waals surface area contributed by atoms with Crippen molar-refractivity contribution in [1.29, 1.82) is 0 Å². The Labute approximate surface area is 190 Å². The van der Waals surface area contributed by atoms with Crippen LogP contribution in [0.15, 0.2) is 0 Å². The molecule has 0 saturated carbocycles. The van der Waals surface area contributed by atoms with Crippen LogP contribution in [0.25, 0.3) is 4.13 Å². The van der Waals surface area contributed by atoms with Crippen LogP contribution in [0.4, 0.5) is 39.5 Å². The Bertz CT molecular complexity index is 708. The highest BCUT2D eigenvalue weighted by Crippen LogP contribution is 2.60. The normalized spacial score (nSPS) is 14.5. The molecule has 0 rings (SSSR count). The maximum Gasteiger partial charge on any atom is 0.480 e. The third kappa shape index (κ3) is 12.7. The maximum atomic E-state index is 13.2. The molecule has 0 saturated heterocycles. The molecule has 33 heavy (non-hydrogen) atoms. The highest BCUT2D eigenvalue weighted by molar-refractivity contribution is 8.33. The van der Waals surface area contributed by atoms with Crippen LogP contribution in [-0.4, -0.2) is 51.1 Å². The van der Waals surface area contributed by atoms with E-state index in [1.165, 1.54) is 6.26 Å². The van der Waals surface area contributed by atoms with Crippen molar-refractivity contribution in [3.05, 3.63) is 4.13 Å². The van der Waals surface area contributed by atoms with Gasteiger partial charge in [-0.3, -0.25) is 0 Å². The second-order valence-electron chi connectivity index (χ2n) is 7.17. The van der Waals surface area contributed by atoms with Gasteiger partial charge in [-0.1, -0.05) is 52.4 Å². The fourth-order valence-electron chi connectivity index (χ4n) is 2.24. The second kappa shape index (κ2) is 13.6. The van der Waals surface area contributed by atoms with E-state index >= 15 is 0 Å². The molecule has 5 nitrogen and oxygen atoms in total. The van der Waals surface area contributed by atoms with E-state index in [4.69, 9.17) is 0 Å². The summed E-state index contributed by atoms with van der Waals surface area (Å²) in [5, 5.41) is 0. The van der Waals surface area contributed by atoms with E-state index in [-0.39, 0.29) is 0 Å². The van der Waals surface area contributed by atoms with Crippen molar-refractivity contribution in [2.75, 3.05) is 17.8 Å². The topological polar surface area (TPSA) is 82.4 Å². The fourth-order valence-corrected chi connectivity index (χ4v) is 6.30. The quantitative estimate of drug-likeness (QED) is 0.185. The summed E-state index contributed by atoms with van der Waals surface area (Å²) in [4.78, 5) is 0. The zero-order chi connectivity index (χ0) is 26.8. The van der Waals surface area contributed by atoms with Gasteiger partial charge in [0.05, 0.1) is 0 Å². The minimum atomic E-state index is -6.72. The lowest BCUT2D eigenvalue weighted by molar-refractivity contribution is -0.0445. The Morgan fingerprint density at radius 1 is 0.545 bits per heavy atom. The van der Waals surface area contributed by atoms with E-state index in [0.717, 1.165) is 55.5 Å². The van der Waals surface area contributed by atoms with Gasteiger partial charge in [0.1, 0.15) is 0 Å². The molecule has 0 radical (unpaired) electrons. The van der Waals surface area contributed by atoms with E-state index in [9.17, 15) is 56.3 Å². The summed E-state index contributed by atoms with van der Waals surface area (Å²) >= 11 is 0. The van der Waals surface area contributed by atoms with Crippen molar-refractivity contribution in [3.63, 3.8) is 0 Å². The van der Waals surface area contributed by atoms with Crippen molar-refractivity contribution < 1.29 is 56.3 Å². The van der Waals surface area contributed by atoms with E-state index in [2.05, 4.69) is 13.8 Å². The van der Waals surface area contributed by atoms with Crippen molar-refractivity contribution in [3.8, 4) is 0 Å². The van der Waals surface area contributed by atoms with Crippen molar-refractivity contribution >= 4 is 30.1 Å². The monoisotopic (exact) mass is 566 g/mol. The molecule has 0 heterocycles. The van der Waals surface area contributed by atoms with Crippen LogP contribution in [0.2, 0.25) is 0 Å². The van der Waals surface area contributed by atoms with E-state index in [1.54, 1.807) is 0 Å². The Morgan fingerprint density at radius 2 is 0.848 bits per heavy atom. The van der Waals surface area contributed by atoms with Crippen LogP contribution in [0, 0.1) is 0 Å². The molecule has 0 unspecified atom stereocenters. The predicted octanol–water partition coefficient (Wildman–Crippen LogP) is 7.16. The number of hydrogen-bond acceptors (Lipinski definition) is 4. The first-order valence-electron chi connectivity index (χ1n) is 9.74. The molecule has 0 fully saturated rings. The molecular formula is C16H29F9NO4S3-. The van der Waals surface area contributed by atoms with Crippen molar-refractivity contribution in [2.45, 2.75) is 81.7 Å². The van der Waals surface area contributed by atoms with Crippen LogP contribution < -0.4 is 0 Å². The van der Waals surface area contributed by atoms with Gasteiger partial charge in [0.2, 0.25) is 0 Å². The van der Waals surface area contributed by atoms with Gasteiger partial charge in [-0.2, -0.15) is 49.5 Å². The number of unbranched alkanes of at least 4 members (excludes halogenated alkanes) is 6. The first-order chi connectivity index (χ1) is 14.6. The average molecular weight is 567 g/mol. The SMILES string of the molecule is CCCCCCS(C)(CCCCCC)C(F)(F)F.O=S(=O)([N-]S(=O)(=O)C(F)(F)F)C(F)(F)F. The van der Waals surface area contributed by atoms with E-state index in [0.29, 0.717) is 11.5 Å².